The molecule has 3 heteroatoms. The number of nitrogens with zero attached hydrogens (tertiary/aromatic N) is 2. The van der Waals surface area contributed by atoms with Crippen molar-refractivity contribution in [2.24, 2.45) is 0 Å². The molecule has 0 saturated carbocycles. The molecule has 0 atom stereocenters. The second kappa shape index (κ2) is 5.01. The van der Waals surface area contributed by atoms with Crippen LogP contribution in [0.25, 0.3) is 0 Å². The average Bonchev–Trinajstić information content (AvgIpc) is 2.38. The Labute approximate surface area is 109 Å². The van der Waals surface area contributed by atoms with E-state index in [0.29, 0.717) is 0 Å². The third-order valence-electron chi connectivity index (χ3n) is 3.52. The number of amides is 1. The van der Waals surface area contributed by atoms with E-state index in [-0.39, 0.29) is 5.41 Å². The fourth-order valence-corrected chi connectivity index (χ4v) is 2.45. The summed E-state index contributed by atoms with van der Waals surface area (Å²) >= 11 is 0. The number of hydrogen-bond donors (Lipinski definition) is 0. The predicted octanol–water partition coefficient (Wildman–Crippen LogP) is 2.26. The summed E-state index contributed by atoms with van der Waals surface area (Å²) in [5.41, 5.74) is 2.85. The Morgan fingerprint density at radius 3 is 2.22 bits per heavy atom. The van der Waals surface area contributed by atoms with Crippen molar-refractivity contribution in [3.05, 3.63) is 29.8 Å². The Hall–Kier alpha value is -1.51. The zero-order chi connectivity index (χ0) is 13.2. The summed E-state index contributed by atoms with van der Waals surface area (Å²) in [6.07, 6.45) is 0.951. The van der Waals surface area contributed by atoms with Crippen LogP contribution in [0.2, 0.25) is 0 Å². The van der Waals surface area contributed by atoms with Gasteiger partial charge in [-0.1, -0.05) is 39.0 Å². The van der Waals surface area contributed by atoms with Gasteiger partial charge in [0.1, 0.15) is 0 Å². The minimum absolute atomic E-state index is 0.151. The van der Waals surface area contributed by atoms with Crippen LogP contribution in [0.4, 0.5) is 5.69 Å². The summed E-state index contributed by atoms with van der Waals surface area (Å²) in [7, 11) is 0. The van der Waals surface area contributed by atoms with Crippen molar-refractivity contribution < 1.29 is 4.79 Å². The molecule has 0 unspecified atom stereocenters. The number of rotatable bonds is 2. The smallest absolute Gasteiger partial charge is 0.209 e. The van der Waals surface area contributed by atoms with Gasteiger partial charge in [-0.3, -0.25) is 4.79 Å². The molecule has 0 aliphatic carbocycles. The SMILES string of the molecule is CC(C)(C)c1ccccc1N1CCN(C=O)CC1. The third-order valence-corrected chi connectivity index (χ3v) is 3.52. The molecule has 3 nitrogen and oxygen atoms in total. The molecule has 98 valence electrons. The highest BCUT2D eigenvalue weighted by Gasteiger charge is 2.23. The summed E-state index contributed by atoms with van der Waals surface area (Å²) in [4.78, 5) is 15.0. The topological polar surface area (TPSA) is 23.6 Å². The first-order valence-corrected chi connectivity index (χ1v) is 6.56. The lowest BCUT2D eigenvalue weighted by Gasteiger charge is -2.37. The predicted molar refractivity (Wildman–Crippen MR) is 75.0 cm³/mol. The normalized spacial score (nSPS) is 16.8. The van der Waals surface area contributed by atoms with Crippen LogP contribution in [0.1, 0.15) is 26.3 Å². The Morgan fingerprint density at radius 2 is 1.67 bits per heavy atom. The molecule has 18 heavy (non-hydrogen) atoms. The highest BCUT2D eigenvalue weighted by molar-refractivity contribution is 5.57. The molecular formula is C15H22N2O. The van der Waals surface area contributed by atoms with Crippen molar-refractivity contribution in [2.75, 3.05) is 31.1 Å². The van der Waals surface area contributed by atoms with Crippen molar-refractivity contribution >= 4 is 12.1 Å². The van der Waals surface area contributed by atoms with Gasteiger partial charge in [-0.15, -0.1) is 0 Å². The van der Waals surface area contributed by atoms with E-state index < -0.39 is 0 Å². The van der Waals surface area contributed by atoms with Gasteiger partial charge in [0.05, 0.1) is 0 Å². The molecular weight excluding hydrogens is 224 g/mol. The van der Waals surface area contributed by atoms with E-state index in [1.54, 1.807) is 0 Å². The molecule has 0 aromatic heterocycles. The quantitative estimate of drug-likeness (QED) is 0.747. The largest absolute Gasteiger partial charge is 0.368 e. The summed E-state index contributed by atoms with van der Waals surface area (Å²) in [5.74, 6) is 0. The number of hydrogen-bond acceptors (Lipinski definition) is 2. The van der Waals surface area contributed by atoms with Crippen LogP contribution in [-0.4, -0.2) is 37.5 Å². The van der Waals surface area contributed by atoms with Crippen LogP contribution in [0.3, 0.4) is 0 Å². The summed E-state index contributed by atoms with van der Waals surface area (Å²) in [6.45, 7) is 10.2. The minimum atomic E-state index is 0.151. The zero-order valence-electron chi connectivity index (χ0n) is 11.5. The van der Waals surface area contributed by atoms with Gasteiger partial charge in [0.25, 0.3) is 0 Å². The summed E-state index contributed by atoms with van der Waals surface area (Å²) < 4.78 is 0. The number of benzene rings is 1. The zero-order valence-corrected chi connectivity index (χ0v) is 11.5. The lowest BCUT2D eigenvalue weighted by molar-refractivity contribution is -0.118. The van der Waals surface area contributed by atoms with Gasteiger partial charge in [-0.2, -0.15) is 0 Å². The van der Waals surface area contributed by atoms with Crippen LogP contribution in [-0.2, 0) is 10.2 Å². The van der Waals surface area contributed by atoms with Crippen LogP contribution >= 0.6 is 0 Å². The Morgan fingerprint density at radius 1 is 1.06 bits per heavy atom. The maximum absolute atomic E-state index is 10.7. The molecule has 0 bridgehead atoms. The second-order valence-electron chi connectivity index (χ2n) is 5.90. The molecule has 1 amide bonds. The van der Waals surface area contributed by atoms with E-state index >= 15 is 0 Å². The molecule has 0 spiro atoms. The molecule has 1 aromatic rings. The summed E-state index contributed by atoms with van der Waals surface area (Å²) in [6, 6.07) is 8.60. The molecule has 1 aliphatic rings. The lowest BCUT2D eigenvalue weighted by Crippen LogP contribution is -2.46. The maximum Gasteiger partial charge on any atom is 0.209 e. The molecule has 0 N–H and O–H groups in total. The molecule has 1 aliphatic heterocycles. The third kappa shape index (κ3) is 2.66. The molecule has 1 saturated heterocycles. The maximum atomic E-state index is 10.7. The van der Waals surface area contributed by atoms with Crippen molar-refractivity contribution in [3.8, 4) is 0 Å². The number of para-hydroxylation sites is 1. The van der Waals surface area contributed by atoms with E-state index in [4.69, 9.17) is 0 Å². The summed E-state index contributed by atoms with van der Waals surface area (Å²) in [5, 5.41) is 0. The molecule has 1 aromatic carbocycles. The Balaban J connectivity index is 2.22. The first-order valence-electron chi connectivity index (χ1n) is 6.56. The van der Waals surface area contributed by atoms with Gasteiger partial charge in [0.2, 0.25) is 6.41 Å². The first-order chi connectivity index (χ1) is 8.52. The van der Waals surface area contributed by atoms with Crippen LogP contribution in [0.5, 0.6) is 0 Å². The van der Waals surface area contributed by atoms with Crippen LogP contribution in [0.15, 0.2) is 24.3 Å². The minimum Gasteiger partial charge on any atom is -0.368 e. The van der Waals surface area contributed by atoms with Crippen molar-refractivity contribution in [2.45, 2.75) is 26.2 Å². The fraction of sp³-hybridized carbons (Fsp3) is 0.533. The molecule has 1 heterocycles. The number of anilines is 1. The lowest BCUT2D eigenvalue weighted by atomic mass is 9.85. The number of piperazine rings is 1. The fourth-order valence-electron chi connectivity index (χ4n) is 2.45. The van der Waals surface area contributed by atoms with Crippen molar-refractivity contribution in [1.29, 1.82) is 0 Å². The van der Waals surface area contributed by atoms with Crippen LogP contribution < -0.4 is 4.90 Å². The number of carbonyl (C=O) groups is 1. The van der Waals surface area contributed by atoms with E-state index in [2.05, 4.69) is 49.9 Å². The van der Waals surface area contributed by atoms with Crippen molar-refractivity contribution in [1.82, 2.24) is 4.90 Å². The van der Waals surface area contributed by atoms with Gasteiger partial charge < -0.3 is 9.80 Å². The van der Waals surface area contributed by atoms with Crippen molar-refractivity contribution in [3.63, 3.8) is 0 Å². The monoisotopic (exact) mass is 246 g/mol. The number of carbonyl (C=O) groups excluding carboxylic acids is 1. The molecule has 0 radical (unpaired) electrons. The van der Waals surface area contributed by atoms with Gasteiger partial charge in [-0.25, -0.2) is 0 Å². The van der Waals surface area contributed by atoms with Gasteiger partial charge in [-0.05, 0) is 17.0 Å². The van der Waals surface area contributed by atoms with Gasteiger partial charge in [0, 0.05) is 31.9 Å². The van der Waals surface area contributed by atoms with E-state index in [1.165, 1.54) is 11.3 Å². The van der Waals surface area contributed by atoms with E-state index in [9.17, 15) is 4.79 Å². The van der Waals surface area contributed by atoms with Gasteiger partial charge >= 0.3 is 0 Å². The Bertz CT molecular complexity index is 415. The average molecular weight is 246 g/mol. The molecule has 1 fully saturated rings. The Kier molecular flexibility index (Phi) is 3.60. The van der Waals surface area contributed by atoms with Gasteiger partial charge in [0.15, 0.2) is 0 Å². The van der Waals surface area contributed by atoms with E-state index in [1.807, 2.05) is 4.90 Å². The highest BCUT2D eigenvalue weighted by atomic mass is 16.1. The van der Waals surface area contributed by atoms with Crippen LogP contribution in [0, 0.1) is 0 Å². The van der Waals surface area contributed by atoms with E-state index in [0.717, 1.165) is 32.6 Å². The first kappa shape index (κ1) is 12.9. The highest BCUT2D eigenvalue weighted by Crippen LogP contribution is 2.32. The second-order valence-corrected chi connectivity index (χ2v) is 5.90. The standard InChI is InChI=1S/C15H22N2O/c1-15(2,3)13-6-4-5-7-14(13)17-10-8-16(12-18)9-11-17/h4-7,12H,8-11H2,1-3H3. The molecule has 2 rings (SSSR count).